The summed E-state index contributed by atoms with van der Waals surface area (Å²) in [7, 11) is 0. The van der Waals surface area contributed by atoms with E-state index in [4.69, 9.17) is 0 Å². The third-order valence-electron chi connectivity index (χ3n) is 5.04. The molecular weight excluding hydrogens is 155 g/mol. The van der Waals surface area contributed by atoms with Crippen LogP contribution in [0.3, 0.4) is 0 Å². The Bertz CT molecular complexity index is 271. The van der Waals surface area contributed by atoms with Crippen LogP contribution in [0.1, 0.15) is 34.1 Å². The van der Waals surface area contributed by atoms with Gasteiger partial charge in [-0.05, 0) is 17.3 Å². The lowest BCUT2D eigenvalue weighted by Gasteiger charge is -2.16. The van der Waals surface area contributed by atoms with Crippen molar-refractivity contribution in [1.29, 1.82) is 0 Å². The van der Waals surface area contributed by atoms with Crippen LogP contribution in [0.25, 0.3) is 0 Å². The van der Waals surface area contributed by atoms with Crippen LogP contribution in [0, 0.1) is 16.2 Å². The van der Waals surface area contributed by atoms with E-state index in [-0.39, 0.29) is 22.0 Å². The SMILES string of the molecule is CC1(C)[C@]2(C)CC(F)C(=O)[C@]12C. The second-order valence-electron chi connectivity index (χ2n) is 5.12. The molecule has 2 heteroatoms. The van der Waals surface area contributed by atoms with Crippen LogP contribution in [0.15, 0.2) is 0 Å². The molecule has 1 nitrogen and oxygen atoms in total. The summed E-state index contributed by atoms with van der Waals surface area (Å²) in [6.07, 6.45) is -0.775. The predicted molar refractivity (Wildman–Crippen MR) is 44.5 cm³/mol. The Morgan fingerprint density at radius 2 is 1.83 bits per heavy atom. The van der Waals surface area contributed by atoms with Gasteiger partial charge in [-0.2, -0.15) is 0 Å². The highest BCUT2D eigenvalue weighted by Crippen LogP contribution is 2.83. The molecule has 2 fully saturated rings. The molecule has 0 saturated heterocycles. The quantitative estimate of drug-likeness (QED) is 0.545. The van der Waals surface area contributed by atoms with Gasteiger partial charge >= 0.3 is 0 Å². The molecule has 0 aromatic carbocycles. The summed E-state index contributed by atoms with van der Waals surface area (Å²) in [5, 5.41) is 0. The molecule has 12 heavy (non-hydrogen) atoms. The smallest absolute Gasteiger partial charge is 0.173 e. The van der Waals surface area contributed by atoms with Gasteiger partial charge in [0.05, 0.1) is 0 Å². The first-order chi connectivity index (χ1) is 5.29. The fraction of sp³-hybridized carbons (Fsp3) is 0.900. The van der Waals surface area contributed by atoms with E-state index in [1.54, 1.807) is 0 Å². The molecule has 0 N–H and O–H groups in total. The van der Waals surface area contributed by atoms with Crippen molar-refractivity contribution >= 4 is 5.78 Å². The van der Waals surface area contributed by atoms with E-state index in [9.17, 15) is 9.18 Å². The van der Waals surface area contributed by atoms with Crippen LogP contribution in [-0.4, -0.2) is 12.0 Å². The molecule has 0 aromatic rings. The molecule has 2 saturated carbocycles. The zero-order valence-corrected chi connectivity index (χ0v) is 8.07. The molecule has 0 radical (unpaired) electrons. The van der Waals surface area contributed by atoms with Crippen molar-refractivity contribution in [1.82, 2.24) is 0 Å². The van der Waals surface area contributed by atoms with E-state index in [2.05, 4.69) is 13.8 Å². The average Bonchev–Trinajstić information content (AvgIpc) is 2.16. The summed E-state index contributed by atoms with van der Waals surface area (Å²) in [5.74, 6) is -0.171. The number of hydrogen-bond acceptors (Lipinski definition) is 1. The number of Topliss-reactive ketones (excluding diaryl/α,β-unsaturated/α-hetero) is 1. The minimum Gasteiger partial charge on any atom is -0.296 e. The van der Waals surface area contributed by atoms with Crippen molar-refractivity contribution in [2.75, 3.05) is 0 Å². The molecular formula is C10H15FO. The Morgan fingerprint density at radius 3 is 2.08 bits per heavy atom. The molecule has 0 spiro atoms. The van der Waals surface area contributed by atoms with E-state index in [0.717, 1.165) is 0 Å². The summed E-state index contributed by atoms with van der Waals surface area (Å²) in [6, 6.07) is 0. The van der Waals surface area contributed by atoms with Gasteiger partial charge in [0, 0.05) is 5.41 Å². The van der Waals surface area contributed by atoms with Gasteiger partial charge in [0.1, 0.15) is 0 Å². The molecule has 68 valence electrons. The van der Waals surface area contributed by atoms with Crippen LogP contribution in [-0.2, 0) is 4.79 Å². The maximum atomic E-state index is 13.1. The Balaban J connectivity index is 2.47. The van der Waals surface area contributed by atoms with Crippen LogP contribution in [0.5, 0.6) is 0 Å². The fourth-order valence-electron chi connectivity index (χ4n) is 3.25. The highest BCUT2D eigenvalue weighted by atomic mass is 19.1. The summed E-state index contributed by atoms with van der Waals surface area (Å²) < 4.78 is 13.1. The number of carbonyl (C=O) groups is 1. The van der Waals surface area contributed by atoms with Crippen molar-refractivity contribution in [2.45, 2.75) is 40.3 Å². The Kier molecular flexibility index (Phi) is 1.10. The summed E-state index contributed by atoms with van der Waals surface area (Å²) >= 11 is 0. The van der Waals surface area contributed by atoms with Gasteiger partial charge in [-0.1, -0.05) is 27.7 Å². The number of rotatable bonds is 0. The number of ketones is 1. The van der Waals surface area contributed by atoms with Crippen molar-refractivity contribution in [3.05, 3.63) is 0 Å². The lowest BCUT2D eigenvalue weighted by atomic mass is 9.90. The molecule has 0 bridgehead atoms. The van der Waals surface area contributed by atoms with Crippen LogP contribution in [0.2, 0.25) is 0 Å². The van der Waals surface area contributed by atoms with E-state index in [1.165, 1.54) is 0 Å². The Labute approximate surface area is 72.3 Å². The Hall–Kier alpha value is -0.400. The molecule has 2 rings (SSSR count). The van der Waals surface area contributed by atoms with Gasteiger partial charge in [0.2, 0.25) is 0 Å². The normalized spacial score (nSPS) is 55.4. The lowest BCUT2D eigenvalue weighted by Crippen LogP contribution is -2.24. The van der Waals surface area contributed by atoms with Crippen LogP contribution < -0.4 is 0 Å². The van der Waals surface area contributed by atoms with Gasteiger partial charge in [0.25, 0.3) is 0 Å². The minimum absolute atomic E-state index is 0.000324. The molecule has 0 heterocycles. The van der Waals surface area contributed by atoms with Gasteiger partial charge in [-0.15, -0.1) is 0 Å². The summed E-state index contributed by atoms with van der Waals surface area (Å²) in [5.41, 5.74) is -0.477. The van der Waals surface area contributed by atoms with Crippen LogP contribution in [0.4, 0.5) is 4.39 Å². The van der Waals surface area contributed by atoms with Crippen molar-refractivity contribution in [3.8, 4) is 0 Å². The topological polar surface area (TPSA) is 17.1 Å². The zero-order chi connectivity index (χ0) is 9.36. The summed E-state index contributed by atoms with van der Waals surface area (Å²) in [4.78, 5) is 11.5. The zero-order valence-electron chi connectivity index (χ0n) is 8.07. The number of fused-ring (bicyclic) bond motifs is 1. The highest BCUT2D eigenvalue weighted by Gasteiger charge is 2.84. The van der Waals surface area contributed by atoms with Crippen LogP contribution >= 0.6 is 0 Å². The fourth-order valence-corrected chi connectivity index (χ4v) is 3.25. The first kappa shape index (κ1) is 8.21. The van der Waals surface area contributed by atoms with E-state index < -0.39 is 6.17 Å². The third-order valence-corrected chi connectivity index (χ3v) is 5.04. The molecule has 0 aromatic heterocycles. The number of halogens is 1. The number of carbonyl (C=O) groups excluding carboxylic acids is 1. The standard InChI is InChI=1S/C10H15FO/c1-8(2)9(3)5-6(11)7(12)10(8,9)4/h6H,5H2,1-4H3/t6?,9-,10+/m0/s1. The minimum atomic E-state index is -1.20. The highest BCUT2D eigenvalue weighted by molar-refractivity contribution is 5.97. The summed E-state index contributed by atoms with van der Waals surface area (Å²) in [6.45, 7) is 8.08. The van der Waals surface area contributed by atoms with Gasteiger partial charge in [-0.3, -0.25) is 4.79 Å². The maximum Gasteiger partial charge on any atom is 0.173 e. The van der Waals surface area contributed by atoms with Gasteiger partial charge in [-0.25, -0.2) is 4.39 Å². The van der Waals surface area contributed by atoms with E-state index in [0.29, 0.717) is 6.42 Å². The van der Waals surface area contributed by atoms with Crippen molar-refractivity contribution < 1.29 is 9.18 Å². The second kappa shape index (κ2) is 1.61. The molecule has 1 unspecified atom stereocenters. The van der Waals surface area contributed by atoms with Crippen molar-refractivity contribution in [2.24, 2.45) is 16.2 Å². The lowest BCUT2D eigenvalue weighted by molar-refractivity contribution is -0.127. The largest absolute Gasteiger partial charge is 0.296 e. The second-order valence-corrected chi connectivity index (χ2v) is 5.12. The van der Waals surface area contributed by atoms with E-state index in [1.807, 2.05) is 13.8 Å². The number of alkyl halides is 1. The predicted octanol–water partition coefficient (Wildman–Crippen LogP) is 2.35. The van der Waals surface area contributed by atoms with E-state index >= 15 is 0 Å². The number of hydrogen-bond donors (Lipinski definition) is 0. The maximum absolute atomic E-state index is 13.1. The average molecular weight is 170 g/mol. The van der Waals surface area contributed by atoms with Gasteiger partial charge < -0.3 is 0 Å². The molecule has 3 atom stereocenters. The molecule has 0 aliphatic heterocycles. The monoisotopic (exact) mass is 170 g/mol. The molecule has 0 amide bonds. The molecule has 2 aliphatic carbocycles. The first-order valence-corrected chi connectivity index (χ1v) is 4.47. The third kappa shape index (κ3) is 0.453. The molecule has 2 aliphatic rings. The van der Waals surface area contributed by atoms with Crippen molar-refractivity contribution in [3.63, 3.8) is 0 Å². The van der Waals surface area contributed by atoms with Gasteiger partial charge in [0.15, 0.2) is 12.0 Å². The Morgan fingerprint density at radius 1 is 1.33 bits per heavy atom. The first-order valence-electron chi connectivity index (χ1n) is 4.47.